The first-order valence-corrected chi connectivity index (χ1v) is 8.05. The zero-order valence-corrected chi connectivity index (χ0v) is 14.6. The molecule has 0 bridgehead atoms. The van der Waals surface area contributed by atoms with E-state index in [1.807, 2.05) is 45.0 Å². The maximum absolute atomic E-state index is 6.36. The van der Waals surface area contributed by atoms with Crippen molar-refractivity contribution in [2.45, 2.75) is 27.3 Å². The predicted molar refractivity (Wildman–Crippen MR) is 97.0 cm³/mol. The normalized spacial score (nSPS) is 10.7. The summed E-state index contributed by atoms with van der Waals surface area (Å²) in [6.07, 6.45) is 1.65. The molecule has 2 N–H and O–H groups in total. The van der Waals surface area contributed by atoms with Crippen LogP contribution >= 0.6 is 11.6 Å². The molecular weight excluding hydrogens is 324 g/mol. The molecule has 3 aromatic rings. The lowest BCUT2D eigenvalue weighted by Gasteiger charge is -2.13. The molecule has 0 saturated carbocycles. The van der Waals surface area contributed by atoms with Crippen molar-refractivity contribution in [3.63, 3.8) is 0 Å². The van der Waals surface area contributed by atoms with Crippen molar-refractivity contribution < 1.29 is 4.42 Å². The summed E-state index contributed by atoms with van der Waals surface area (Å²) in [7, 11) is 0. The molecule has 0 saturated heterocycles. The minimum atomic E-state index is 0.563. The Labute approximate surface area is 146 Å². The van der Waals surface area contributed by atoms with E-state index in [1.165, 1.54) is 0 Å². The van der Waals surface area contributed by atoms with Gasteiger partial charge in [0, 0.05) is 6.07 Å². The van der Waals surface area contributed by atoms with Crippen LogP contribution in [0.3, 0.4) is 0 Å². The molecule has 0 aliphatic carbocycles. The first-order chi connectivity index (χ1) is 11.5. The minimum absolute atomic E-state index is 0.563. The van der Waals surface area contributed by atoms with Gasteiger partial charge in [0.25, 0.3) is 0 Å². The fourth-order valence-corrected chi connectivity index (χ4v) is 2.88. The Morgan fingerprint density at radius 2 is 1.88 bits per heavy atom. The van der Waals surface area contributed by atoms with Crippen LogP contribution in [0.15, 0.2) is 41.0 Å². The molecule has 2 heterocycles. The predicted octanol–water partition coefficient (Wildman–Crippen LogP) is 5.00. The molecule has 1 aromatic carbocycles. The van der Waals surface area contributed by atoms with Crippen molar-refractivity contribution in [1.82, 2.24) is 9.97 Å². The summed E-state index contributed by atoms with van der Waals surface area (Å²) in [6.45, 7) is 6.46. The molecule has 0 amide bonds. The molecular formula is C18H19ClN4O. The van der Waals surface area contributed by atoms with Gasteiger partial charge in [-0.15, -0.1) is 0 Å². The molecule has 2 aromatic heterocycles. The Kier molecular flexibility index (Phi) is 4.71. The van der Waals surface area contributed by atoms with E-state index in [1.54, 1.807) is 6.26 Å². The highest BCUT2D eigenvalue weighted by atomic mass is 35.5. The second-order valence-corrected chi connectivity index (χ2v) is 6.09. The largest absolute Gasteiger partial charge is 0.467 e. The van der Waals surface area contributed by atoms with E-state index in [2.05, 4.69) is 26.7 Å². The number of halogens is 1. The average molecular weight is 343 g/mol. The lowest BCUT2D eigenvalue weighted by molar-refractivity contribution is 0.518. The van der Waals surface area contributed by atoms with Crippen molar-refractivity contribution >= 4 is 28.9 Å². The Bertz CT molecular complexity index is 823. The van der Waals surface area contributed by atoms with E-state index < -0.39 is 0 Å². The lowest BCUT2D eigenvalue weighted by Crippen LogP contribution is -2.05. The van der Waals surface area contributed by atoms with Crippen LogP contribution in [0.4, 0.5) is 17.3 Å². The van der Waals surface area contributed by atoms with E-state index in [4.69, 9.17) is 16.0 Å². The second-order valence-electron chi connectivity index (χ2n) is 5.68. The van der Waals surface area contributed by atoms with Gasteiger partial charge in [0.2, 0.25) is 0 Å². The molecule has 124 valence electrons. The van der Waals surface area contributed by atoms with Gasteiger partial charge in [-0.25, -0.2) is 9.97 Å². The molecule has 0 radical (unpaired) electrons. The molecule has 0 aliphatic rings. The lowest BCUT2D eigenvalue weighted by atomic mass is 10.1. The van der Waals surface area contributed by atoms with Crippen LogP contribution in [0.1, 0.15) is 22.7 Å². The van der Waals surface area contributed by atoms with E-state index in [-0.39, 0.29) is 0 Å². The summed E-state index contributed by atoms with van der Waals surface area (Å²) >= 11 is 6.36. The third kappa shape index (κ3) is 3.86. The van der Waals surface area contributed by atoms with Crippen LogP contribution < -0.4 is 10.6 Å². The van der Waals surface area contributed by atoms with Crippen molar-refractivity contribution in [3.8, 4) is 0 Å². The summed E-state index contributed by atoms with van der Waals surface area (Å²) in [5.74, 6) is 2.93. The van der Waals surface area contributed by atoms with E-state index in [0.717, 1.165) is 28.4 Å². The first kappa shape index (κ1) is 16.3. The minimum Gasteiger partial charge on any atom is -0.467 e. The Morgan fingerprint density at radius 3 is 2.58 bits per heavy atom. The first-order valence-electron chi connectivity index (χ1n) is 7.67. The highest BCUT2D eigenvalue weighted by molar-refractivity contribution is 6.33. The topological polar surface area (TPSA) is 63.0 Å². The molecule has 0 unspecified atom stereocenters. The quantitative estimate of drug-likeness (QED) is 0.682. The third-order valence-electron chi connectivity index (χ3n) is 3.55. The molecule has 0 spiro atoms. The van der Waals surface area contributed by atoms with E-state index >= 15 is 0 Å². The number of hydrogen-bond donors (Lipinski definition) is 2. The third-order valence-corrected chi connectivity index (χ3v) is 3.84. The van der Waals surface area contributed by atoms with Crippen molar-refractivity contribution in [2.24, 2.45) is 0 Å². The van der Waals surface area contributed by atoms with E-state index in [9.17, 15) is 0 Å². The van der Waals surface area contributed by atoms with Gasteiger partial charge in [-0.05, 0) is 50.1 Å². The number of aromatic nitrogens is 2. The van der Waals surface area contributed by atoms with Gasteiger partial charge in [0.05, 0.1) is 23.5 Å². The van der Waals surface area contributed by atoms with E-state index in [0.29, 0.717) is 23.2 Å². The average Bonchev–Trinajstić information content (AvgIpc) is 3.02. The zero-order valence-electron chi connectivity index (χ0n) is 13.9. The molecule has 3 rings (SSSR count). The standard InChI is InChI=1S/C18H19ClN4O/c1-11-7-12(2)18(15(19)8-11)23-17-9-16(21-13(3)22-17)20-10-14-5-4-6-24-14/h4-9H,10H2,1-3H3,(H2,20,21,22,23). The number of anilines is 3. The molecule has 0 atom stereocenters. The maximum Gasteiger partial charge on any atom is 0.136 e. The van der Waals surface area contributed by atoms with Crippen LogP contribution in [-0.4, -0.2) is 9.97 Å². The summed E-state index contributed by atoms with van der Waals surface area (Å²) < 4.78 is 5.32. The van der Waals surface area contributed by atoms with Crippen molar-refractivity contribution in [2.75, 3.05) is 10.6 Å². The Morgan fingerprint density at radius 1 is 1.08 bits per heavy atom. The van der Waals surface area contributed by atoms with Crippen LogP contribution in [0.2, 0.25) is 5.02 Å². The Balaban J connectivity index is 1.81. The number of nitrogens with zero attached hydrogens (tertiary/aromatic N) is 2. The monoisotopic (exact) mass is 342 g/mol. The van der Waals surface area contributed by atoms with Crippen LogP contribution in [-0.2, 0) is 6.54 Å². The van der Waals surface area contributed by atoms with Crippen LogP contribution in [0.25, 0.3) is 0 Å². The summed E-state index contributed by atoms with van der Waals surface area (Å²) in [5, 5.41) is 7.21. The van der Waals surface area contributed by atoms with Gasteiger partial charge in [-0.2, -0.15) is 0 Å². The van der Waals surface area contributed by atoms with Gasteiger partial charge in [-0.3, -0.25) is 0 Å². The second kappa shape index (κ2) is 6.93. The molecule has 0 aliphatic heterocycles. The van der Waals surface area contributed by atoms with Crippen LogP contribution in [0.5, 0.6) is 0 Å². The number of hydrogen-bond acceptors (Lipinski definition) is 5. The summed E-state index contributed by atoms with van der Waals surface area (Å²) in [5.41, 5.74) is 3.06. The molecule has 6 heteroatoms. The molecule has 24 heavy (non-hydrogen) atoms. The van der Waals surface area contributed by atoms with Gasteiger partial charge >= 0.3 is 0 Å². The number of nitrogens with one attached hydrogen (secondary N) is 2. The smallest absolute Gasteiger partial charge is 0.136 e. The number of aryl methyl sites for hydroxylation is 3. The number of rotatable bonds is 5. The van der Waals surface area contributed by atoms with Gasteiger partial charge in [0.1, 0.15) is 23.2 Å². The molecule has 5 nitrogen and oxygen atoms in total. The van der Waals surface area contributed by atoms with Crippen LogP contribution in [0, 0.1) is 20.8 Å². The maximum atomic E-state index is 6.36. The SMILES string of the molecule is Cc1cc(C)c(Nc2cc(NCc3ccco3)nc(C)n2)c(Cl)c1. The summed E-state index contributed by atoms with van der Waals surface area (Å²) in [6, 6.07) is 9.64. The Hall–Kier alpha value is -2.53. The number of furan rings is 1. The fourth-order valence-electron chi connectivity index (χ4n) is 2.52. The molecule has 0 fully saturated rings. The zero-order chi connectivity index (χ0) is 17.1. The summed E-state index contributed by atoms with van der Waals surface area (Å²) in [4.78, 5) is 8.83. The van der Waals surface area contributed by atoms with Crippen molar-refractivity contribution in [1.29, 1.82) is 0 Å². The van der Waals surface area contributed by atoms with Gasteiger partial charge < -0.3 is 15.1 Å². The number of benzene rings is 1. The highest BCUT2D eigenvalue weighted by Gasteiger charge is 2.09. The fraction of sp³-hybridized carbons (Fsp3) is 0.222. The van der Waals surface area contributed by atoms with Crippen molar-refractivity contribution in [3.05, 3.63) is 64.3 Å². The van der Waals surface area contributed by atoms with Gasteiger partial charge in [-0.1, -0.05) is 17.7 Å². The van der Waals surface area contributed by atoms with Gasteiger partial charge in [0.15, 0.2) is 0 Å². The highest BCUT2D eigenvalue weighted by Crippen LogP contribution is 2.30.